The number of aliphatic carboxylic acids is 1. The number of carboxylic acids is 1. The average Bonchev–Trinajstić information content (AvgIpc) is 2.54. The molecule has 8 rings (SSSR count). The van der Waals surface area contributed by atoms with Crippen LogP contribution < -0.4 is 19.3 Å². The summed E-state index contributed by atoms with van der Waals surface area (Å²) in [5.74, 6) is -2.09. The maximum absolute atomic E-state index is 13.8. The fourth-order valence-corrected chi connectivity index (χ4v) is 11.2. The Morgan fingerprint density at radius 1 is 0.565 bits per heavy atom. The molecule has 16 nitrogen and oxygen atoms in total. The number of carboxylic acid groups (broad SMARTS) is 1. The van der Waals surface area contributed by atoms with E-state index in [0.717, 1.165) is 20.9 Å². The predicted octanol–water partition coefficient (Wildman–Crippen LogP) is 13.3. The summed E-state index contributed by atoms with van der Waals surface area (Å²) in [7, 11) is 3.92. The number of likely N-dealkylation sites (N-methyl/N-ethyl adjacent to an activating group) is 2. The van der Waals surface area contributed by atoms with Gasteiger partial charge in [-0.3, -0.25) is 29.0 Å². The van der Waals surface area contributed by atoms with Gasteiger partial charge in [-0.05, 0) is 125 Å². The fraction of sp³-hybridized carbons (Fsp3) is 0.377. The van der Waals surface area contributed by atoms with Crippen LogP contribution in [0.5, 0.6) is 11.5 Å². The number of carbonyl (C=O) groups is 6. The molecule has 0 fully saturated rings. The molecule has 0 saturated heterocycles. The van der Waals surface area contributed by atoms with Crippen LogP contribution in [0.4, 0.5) is 47.3 Å². The second-order valence-electron chi connectivity index (χ2n) is 21.9. The molecule has 454 valence electrons. The van der Waals surface area contributed by atoms with Crippen LogP contribution in [0.3, 0.4) is 0 Å². The maximum Gasteiger partial charge on any atom is 0.426 e. The molecule has 2 aromatic heterocycles. The van der Waals surface area contributed by atoms with E-state index in [1.54, 1.807) is 139 Å². The predicted molar refractivity (Wildman–Crippen MR) is 308 cm³/mol. The van der Waals surface area contributed by atoms with Crippen molar-refractivity contribution in [2.24, 2.45) is 0 Å². The number of benzene rings is 4. The Morgan fingerprint density at radius 3 is 1.28 bits per heavy atom. The number of alkyl halides is 6. The highest BCUT2D eigenvalue weighted by Crippen LogP contribution is 2.45. The van der Waals surface area contributed by atoms with Gasteiger partial charge in [0.25, 0.3) is 11.8 Å². The van der Waals surface area contributed by atoms with E-state index >= 15 is 0 Å². The molecule has 0 radical (unpaired) electrons. The van der Waals surface area contributed by atoms with Gasteiger partial charge in [-0.15, -0.1) is 22.7 Å². The Kier molecular flexibility index (Phi) is 20.0. The number of nitrogens with zero attached hydrogens (tertiary/aromatic N) is 4. The first kappa shape index (κ1) is 64.4. The van der Waals surface area contributed by atoms with Gasteiger partial charge < -0.3 is 38.6 Å². The summed E-state index contributed by atoms with van der Waals surface area (Å²) in [6, 6.07) is 27.3. The number of hydrogen-bond donors (Lipinski definition) is 1. The molecule has 0 aliphatic carbocycles. The van der Waals surface area contributed by atoms with Gasteiger partial charge in [0.1, 0.15) is 57.8 Å². The van der Waals surface area contributed by atoms with Gasteiger partial charge in [0.2, 0.25) is 0 Å². The minimum Gasteiger partial charge on any atom is -0.488 e. The van der Waals surface area contributed by atoms with Crippen LogP contribution in [-0.2, 0) is 71.8 Å². The number of carbonyl (C=O) groups excluding carboxylic acids is 5. The maximum atomic E-state index is 13.8. The molecule has 2 aliphatic heterocycles. The number of hydrogen-bond acceptors (Lipinski definition) is 13. The van der Waals surface area contributed by atoms with Crippen molar-refractivity contribution >= 4 is 70.0 Å². The average molecular weight is 1220 g/mol. The third kappa shape index (κ3) is 16.6. The molecule has 4 amide bonds. The molecule has 6 aromatic rings. The van der Waals surface area contributed by atoms with Crippen molar-refractivity contribution in [3.05, 3.63) is 140 Å². The van der Waals surface area contributed by atoms with Crippen LogP contribution in [0, 0.1) is 0 Å². The van der Waals surface area contributed by atoms with Gasteiger partial charge in [-0.25, -0.2) is 9.59 Å². The van der Waals surface area contributed by atoms with Crippen molar-refractivity contribution in [2.75, 3.05) is 44.1 Å². The van der Waals surface area contributed by atoms with Crippen molar-refractivity contribution in [1.82, 2.24) is 9.80 Å². The fourth-order valence-electron chi connectivity index (χ4n) is 9.28. The van der Waals surface area contributed by atoms with Crippen LogP contribution in [-0.4, -0.2) is 108 Å². The Bertz CT molecular complexity index is 3390. The van der Waals surface area contributed by atoms with E-state index in [1.807, 2.05) is 0 Å². The van der Waals surface area contributed by atoms with Gasteiger partial charge in [-0.1, -0.05) is 60.7 Å². The molecule has 4 heterocycles. The zero-order valence-electron chi connectivity index (χ0n) is 48.0. The molecule has 4 aromatic carbocycles. The van der Waals surface area contributed by atoms with E-state index in [2.05, 4.69) is 0 Å². The quantitative estimate of drug-likeness (QED) is 0.0551. The van der Waals surface area contributed by atoms with E-state index in [-0.39, 0.29) is 37.3 Å². The van der Waals surface area contributed by atoms with Gasteiger partial charge in [-0.2, -0.15) is 26.3 Å². The molecule has 85 heavy (non-hydrogen) atoms. The summed E-state index contributed by atoms with van der Waals surface area (Å²) >= 11 is 1.28. The number of thiophene rings is 2. The lowest BCUT2D eigenvalue weighted by Gasteiger charge is -2.32. The van der Waals surface area contributed by atoms with Gasteiger partial charge in [0.05, 0.1) is 20.0 Å². The lowest BCUT2D eigenvalue weighted by Crippen LogP contribution is -2.51. The van der Waals surface area contributed by atoms with Crippen molar-refractivity contribution in [3.8, 4) is 33.8 Å². The van der Waals surface area contributed by atoms with E-state index in [9.17, 15) is 60.2 Å². The van der Waals surface area contributed by atoms with Crippen LogP contribution in [0.1, 0.15) is 85.0 Å². The first-order valence-electron chi connectivity index (χ1n) is 26.7. The number of anilines is 2. The summed E-state index contributed by atoms with van der Waals surface area (Å²) in [5.41, 5.74) is 2.18. The smallest absolute Gasteiger partial charge is 0.426 e. The van der Waals surface area contributed by atoms with E-state index in [0.29, 0.717) is 85.8 Å². The number of fused-ring (bicyclic) bond motifs is 2. The number of esters is 1. The van der Waals surface area contributed by atoms with Crippen LogP contribution in [0.15, 0.2) is 109 Å². The second-order valence-corrected chi connectivity index (χ2v) is 24.1. The molecule has 2 atom stereocenters. The lowest BCUT2D eigenvalue weighted by atomic mass is 10.1. The monoisotopic (exact) mass is 1220 g/mol. The summed E-state index contributed by atoms with van der Waals surface area (Å²) in [4.78, 5) is 80.6. The topological polar surface area (TPSA) is 182 Å². The first-order valence-corrected chi connectivity index (χ1v) is 28.3. The number of rotatable bonds is 16. The summed E-state index contributed by atoms with van der Waals surface area (Å²) in [5, 5.41) is 9.42. The normalized spacial score (nSPS) is 13.8. The zero-order valence-corrected chi connectivity index (χ0v) is 49.6. The standard InChI is InChI=1S/C31H33F3N2O6S.C30H31F3N2O6S/c1-30(2,3)42-29(39)35(4)25(17-26(37)40-5)28(38)36-14-13-20-15-21(11-12-24(20)36)41-18-22-16-23(19-9-7-6-8-10-19)27(43-22)31(32,33)34;1-29(2,3)41-28(39)34(4)24(16-25(36)37)27(38)35-13-12-19-14-20(10-11-23(19)35)40-17-21-15-22(18-8-6-5-7-9-18)26(42-21)30(31,32)33/h6-12,15-16,25H,13-14,17-18H2,1-5H3;5-11,14-15,24H,12-13,16-17H2,1-4H3,(H,36,37)/t25-;24-/m11/s1. The number of amides is 4. The highest BCUT2D eigenvalue weighted by atomic mass is 32.1. The van der Waals surface area contributed by atoms with Gasteiger partial charge in [0, 0.05) is 59.4 Å². The van der Waals surface area contributed by atoms with E-state index in [4.69, 9.17) is 23.7 Å². The third-order valence-electron chi connectivity index (χ3n) is 13.3. The Labute approximate surface area is 495 Å². The number of ether oxygens (including phenoxy) is 5. The molecule has 0 bridgehead atoms. The van der Waals surface area contributed by atoms with Crippen LogP contribution in [0.2, 0.25) is 0 Å². The molecular formula is C61H64F6N4O12S2. The SMILES string of the molecule is CN(C(=O)OC(C)(C)C)[C@H](CC(=O)O)C(=O)N1CCc2cc(OCc3cc(-c4ccccc4)c(C(F)(F)F)s3)ccc21.COC(=O)C[C@H](C(=O)N1CCc2cc(OCc3cc(-c4ccccc4)c(C(F)(F)F)s3)ccc21)N(C)C(=O)OC(C)(C)C. The van der Waals surface area contributed by atoms with Crippen molar-refractivity contribution in [1.29, 1.82) is 0 Å². The van der Waals surface area contributed by atoms with Gasteiger partial charge in [0.15, 0.2) is 0 Å². The van der Waals surface area contributed by atoms with Crippen molar-refractivity contribution in [2.45, 2.75) is 116 Å². The Balaban J connectivity index is 0.000000244. The largest absolute Gasteiger partial charge is 0.488 e. The van der Waals surface area contributed by atoms with Crippen molar-refractivity contribution in [3.63, 3.8) is 0 Å². The van der Waals surface area contributed by atoms with Crippen LogP contribution in [0.25, 0.3) is 22.3 Å². The van der Waals surface area contributed by atoms with Crippen LogP contribution >= 0.6 is 22.7 Å². The Morgan fingerprint density at radius 2 is 0.941 bits per heavy atom. The Hall–Kier alpha value is -8.12. The molecule has 2 aliphatic rings. The minimum atomic E-state index is -4.51. The highest BCUT2D eigenvalue weighted by molar-refractivity contribution is 7.13. The molecule has 0 spiro atoms. The molecule has 24 heteroatoms. The number of methoxy groups -OCH3 is 1. The lowest BCUT2D eigenvalue weighted by molar-refractivity contribution is -0.144. The summed E-state index contributed by atoms with van der Waals surface area (Å²) in [6.45, 7) is 10.5. The third-order valence-corrected chi connectivity index (χ3v) is 15.6. The molecular weight excluding hydrogens is 1160 g/mol. The van der Waals surface area contributed by atoms with E-state index < -0.39 is 87.8 Å². The molecule has 0 saturated carbocycles. The summed E-state index contributed by atoms with van der Waals surface area (Å²) < 4.78 is 110. The van der Waals surface area contributed by atoms with Gasteiger partial charge >= 0.3 is 36.5 Å². The van der Waals surface area contributed by atoms with E-state index in [1.165, 1.54) is 43.1 Å². The first-order chi connectivity index (χ1) is 39.8. The number of halogens is 6. The summed E-state index contributed by atoms with van der Waals surface area (Å²) in [6.07, 6.45) is -10.6. The molecule has 0 unspecified atom stereocenters. The second kappa shape index (κ2) is 26.4. The molecule has 1 N–H and O–H groups in total. The minimum absolute atomic E-state index is 0.0656. The highest BCUT2D eigenvalue weighted by Gasteiger charge is 2.41. The zero-order chi connectivity index (χ0) is 62.3. The van der Waals surface area contributed by atoms with Crippen molar-refractivity contribution < 1.29 is 83.9 Å².